The Hall–Kier alpha value is -3.43. The monoisotopic (exact) mass is 481 g/mol. The number of para-hydroxylation sites is 3. The van der Waals surface area contributed by atoms with Crippen LogP contribution >= 0.6 is 11.3 Å². The number of fused-ring (bicyclic) bond motifs is 1. The number of anilines is 2. The molecule has 1 amide bonds. The molecule has 33 heavy (non-hydrogen) atoms. The van der Waals surface area contributed by atoms with Crippen LogP contribution in [0.1, 0.15) is 17.0 Å². The van der Waals surface area contributed by atoms with Crippen molar-refractivity contribution in [2.75, 3.05) is 17.1 Å². The van der Waals surface area contributed by atoms with Crippen LogP contribution in [-0.4, -0.2) is 26.4 Å². The van der Waals surface area contributed by atoms with Crippen LogP contribution in [0.2, 0.25) is 0 Å². The summed E-state index contributed by atoms with van der Waals surface area (Å²) in [4.78, 5) is 17.1. The van der Waals surface area contributed by atoms with E-state index in [1.54, 1.807) is 54.7 Å². The van der Waals surface area contributed by atoms with Crippen molar-refractivity contribution >= 4 is 48.9 Å². The number of methoxy groups -OCH3 is 1. The van der Waals surface area contributed by atoms with Crippen LogP contribution in [-0.2, 0) is 21.2 Å². The normalized spacial score (nSPS) is 11.3. The van der Waals surface area contributed by atoms with E-state index in [2.05, 4.69) is 15.0 Å². The molecule has 7 nitrogen and oxygen atoms in total. The van der Waals surface area contributed by atoms with Crippen LogP contribution in [0.15, 0.2) is 71.6 Å². The number of sulfonamides is 1. The maximum Gasteiger partial charge on any atom is 0.262 e. The number of aryl methyl sites for hydroxylation is 2. The minimum atomic E-state index is -3.89. The molecule has 0 atom stereocenters. The first-order chi connectivity index (χ1) is 15.9. The third-order valence-corrected chi connectivity index (χ3v) is 7.62. The molecule has 0 aliphatic heterocycles. The molecule has 2 N–H and O–H groups in total. The van der Waals surface area contributed by atoms with Gasteiger partial charge in [-0.25, -0.2) is 13.4 Å². The molecular weight excluding hydrogens is 458 g/mol. The second-order valence-corrected chi connectivity index (χ2v) is 10.2. The molecule has 4 aromatic rings. The van der Waals surface area contributed by atoms with Gasteiger partial charge in [0.25, 0.3) is 10.0 Å². The van der Waals surface area contributed by atoms with Gasteiger partial charge in [0.15, 0.2) is 0 Å². The van der Waals surface area contributed by atoms with Crippen LogP contribution < -0.4 is 14.8 Å². The number of hydrogen-bond donors (Lipinski definition) is 2. The summed E-state index contributed by atoms with van der Waals surface area (Å²) in [7, 11) is -2.42. The Morgan fingerprint density at radius 1 is 1.06 bits per heavy atom. The maximum absolute atomic E-state index is 13.0. The largest absolute Gasteiger partial charge is 0.495 e. The van der Waals surface area contributed by atoms with Gasteiger partial charge in [-0.1, -0.05) is 30.3 Å². The average Bonchev–Trinajstić information content (AvgIpc) is 3.22. The van der Waals surface area contributed by atoms with E-state index in [-0.39, 0.29) is 17.2 Å². The van der Waals surface area contributed by atoms with Gasteiger partial charge in [0.1, 0.15) is 5.75 Å². The molecular formula is C24H23N3O4S2. The van der Waals surface area contributed by atoms with Gasteiger partial charge in [0.05, 0.1) is 32.9 Å². The molecule has 3 aromatic carbocycles. The summed E-state index contributed by atoms with van der Waals surface area (Å²) in [5, 5.41) is 3.68. The van der Waals surface area contributed by atoms with Gasteiger partial charge in [0, 0.05) is 18.5 Å². The van der Waals surface area contributed by atoms with E-state index in [1.165, 1.54) is 13.2 Å². The summed E-state index contributed by atoms with van der Waals surface area (Å²) in [5.74, 6) is 0.206. The number of carbonyl (C=O) groups excluding carboxylic acids is 1. The molecule has 0 saturated carbocycles. The van der Waals surface area contributed by atoms with Crippen LogP contribution in [0.4, 0.5) is 11.4 Å². The Kier molecular flexibility index (Phi) is 6.62. The molecule has 0 radical (unpaired) electrons. The lowest BCUT2D eigenvalue weighted by molar-refractivity contribution is -0.116. The highest BCUT2D eigenvalue weighted by Gasteiger charge is 2.20. The number of benzene rings is 3. The SMILES string of the molecule is COc1ccccc1NS(=O)(=O)c1cc(NC(=O)CCc2nc3ccccc3s2)ccc1C. The molecule has 0 unspecified atom stereocenters. The third kappa shape index (κ3) is 5.32. The van der Waals surface area contributed by atoms with Crippen LogP contribution in [0, 0.1) is 6.92 Å². The van der Waals surface area contributed by atoms with E-state index in [0.29, 0.717) is 29.1 Å². The van der Waals surface area contributed by atoms with Crippen molar-refractivity contribution in [1.82, 2.24) is 4.98 Å². The van der Waals surface area contributed by atoms with Crippen molar-refractivity contribution in [2.45, 2.75) is 24.7 Å². The van der Waals surface area contributed by atoms with Gasteiger partial charge in [0.2, 0.25) is 5.91 Å². The first kappa shape index (κ1) is 22.8. The fraction of sp³-hybridized carbons (Fsp3) is 0.167. The summed E-state index contributed by atoms with van der Waals surface area (Å²) < 4.78 is 35.0. The molecule has 9 heteroatoms. The van der Waals surface area contributed by atoms with Crippen molar-refractivity contribution in [2.24, 2.45) is 0 Å². The second kappa shape index (κ2) is 9.60. The van der Waals surface area contributed by atoms with E-state index >= 15 is 0 Å². The Labute approximate surface area is 196 Å². The van der Waals surface area contributed by atoms with Crippen LogP contribution in [0.5, 0.6) is 5.75 Å². The predicted molar refractivity (Wildman–Crippen MR) is 132 cm³/mol. The van der Waals surface area contributed by atoms with Gasteiger partial charge in [-0.3, -0.25) is 9.52 Å². The Morgan fingerprint density at radius 2 is 1.82 bits per heavy atom. The molecule has 0 saturated heterocycles. The van der Waals surface area contributed by atoms with Crippen LogP contribution in [0.25, 0.3) is 10.2 Å². The second-order valence-electron chi connectivity index (χ2n) is 7.41. The zero-order chi connectivity index (χ0) is 23.4. The fourth-order valence-electron chi connectivity index (χ4n) is 3.37. The number of nitrogens with one attached hydrogen (secondary N) is 2. The molecule has 1 heterocycles. The molecule has 0 spiro atoms. The number of carbonyl (C=O) groups is 1. The Bertz CT molecular complexity index is 1380. The predicted octanol–water partition coefficient (Wildman–Crippen LogP) is 4.99. The number of rotatable bonds is 8. The fourth-order valence-corrected chi connectivity index (χ4v) is 5.68. The maximum atomic E-state index is 13.0. The van der Waals surface area contributed by atoms with Gasteiger partial charge < -0.3 is 10.1 Å². The summed E-state index contributed by atoms with van der Waals surface area (Å²) >= 11 is 1.57. The quantitative estimate of drug-likeness (QED) is 0.370. The molecule has 0 fully saturated rings. The van der Waals surface area contributed by atoms with Gasteiger partial charge >= 0.3 is 0 Å². The average molecular weight is 482 g/mol. The first-order valence-electron chi connectivity index (χ1n) is 10.3. The zero-order valence-corrected chi connectivity index (χ0v) is 19.8. The van der Waals surface area contributed by atoms with E-state index in [4.69, 9.17) is 4.74 Å². The number of thiazole rings is 1. The van der Waals surface area contributed by atoms with Gasteiger partial charge in [-0.05, 0) is 48.9 Å². The number of aromatic nitrogens is 1. The highest BCUT2D eigenvalue weighted by molar-refractivity contribution is 7.92. The topological polar surface area (TPSA) is 97.4 Å². The molecule has 0 bridgehead atoms. The summed E-state index contributed by atoms with van der Waals surface area (Å²) in [6.07, 6.45) is 0.757. The van der Waals surface area contributed by atoms with Crippen molar-refractivity contribution in [1.29, 1.82) is 0 Å². The minimum Gasteiger partial charge on any atom is -0.495 e. The number of amides is 1. The minimum absolute atomic E-state index is 0.0809. The lowest BCUT2D eigenvalue weighted by atomic mass is 10.2. The van der Waals surface area contributed by atoms with Crippen LogP contribution in [0.3, 0.4) is 0 Å². The van der Waals surface area contributed by atoms with Crippen molar-refractivity contribution in [3.8, 4) is 5.75 Å². The molecule has 4 rings (SSSR count). The van der Waals surface area contributed by atoms with Gasteiger partial charge in [-0.2, -0.15) is 0 Å². The molecule has 170 valence electrons. The van der Waals surface area contributed by atoms with E-state index in [1.807, 2.05) is 24.3 Å². The van der Waals surface area contributed by atoms with Crippen molar-refractivity contribution < 1.29 is 17.9 Å². The zero-order valence-electron chi connectivity index (χ0n) is 18.2. The highest BCUT2D eigenvalue weighted by atomic mass is 32.2. The summed E-state index contributed by atoms with van der Waals surface area (Å²) in [6.45, 7) is 1.70. The smallest absolute Gasteiger partial charge is 0.262 e. The molecule has 0 aliphatic rings. The first-order valence-corrected chi connectivity index (χ1v) is 12.6. The van der Waals surface area contributed by atoms with Crippen molar-refractivity contribution in [3.05, 3.63) is 77.3 Å². The van der Waals surface area contributed by atoms with Crippen molar-refractivity contribution in [3.63, 3.8) is 0 Å². The third-order valence-electron chi connectivity index (χ3n) is 5.02. The Balaban J connectivity index is 1.46. The molecule has 1 aromatic heterocycles. The van der Waals surface area contributed by atoms with E-state index in [9.17, 15) is 13.2 Å². The lowest BCUT2D eigenvalue weighted by Gasteiger charge is -2.14. The Morgan fingerprint density at radius 3 is 2.61 bits per heavy atom. The van der Waals surface area contributed by atoms with E-state index in [0.717, 1.165) is 15.2 Å². The standard InChI is InChI=1S/C24H23N3O4S2/c1-16-11-12-17(15-22(16)33(29,30)27-18-7-3-5-9-20(18)31-2)25-23(28)13-14-24-26-19-8-4-6-10-21(19)32-24/h3-12,15,27H,13-14H2,1-2H3,(H,25,28). The lowest BCUT2D eigenvalue weighted by Crippen LogP contribution is -2.16. The van der Waals surface area contributed by atoms with Gasteiger partial charge in [-0.15, -0.1) is 11.3 Å². The van der Waals surface area contributed by atoms with E-state index < -0.39 is 10.0 Å². The molecule has 0 aliphatic carbocycles. The summed E-state index contributed by atoms with van der Waals surface area (Å²) in [5.41, 5.74) is 2.23. The highest BCUT2D eigenvalue weighted by Crippen LogP contribution is 2.28. The number of hydrogen-bond acceptors (Lipinski definition) is 6. The number of ether oxygens (including phenoxy) is 1. The number of nitrogens with zero attached hydrogens (tertiary/aromatic N) is 1. The summed E-state index contributed by atoms with van der Waals surface area (Å²) in [6, 6.07) is 19.4.